The highest BCUT2D eigenvalue weighted by Gasteiger charge is 2.20. The molecule has 2 amide bonds. The van der Waals surface area contributed by atoms with Crippen LogP contribution in [0.15, 0.2) is 79.0 Å². The molecule has 0 unspecified atom stereocenters. The number of nitrogens with zero attached hydrogens (tertiary/aromatic N) is 2. The summed E-state index contributed by atoms with van der Waals surface area (Å²) < 4.78 is 33.6. The van der Waals surface area contributed by atoms with Gasteiger partial charge in [0.25, 0.3) is 5.91 Å². The van der Waals surface area contributed by atoms with Gasteiger partial charge in [0.15, 0.2) is 11.4 Å². The van der Waals surface area contributed by atoms with Crippen LogP contribution in [-0.4, -0.2) is 21.6 Å². The Kier molecular flexibility index (Phi) is 6.12. The predicted molar refractivity (Wildman–Crippen MR) is 117 cm³/mol. The van der Waals surface area contributed by atoms with Gasteiger partial charge in [0.1, 0.15) is 18.2 Å². The largest absolute Gasteiger partial charge is 0.485 e. The van der Waals surface area contributed by atoms with Crippen molar-refractivity contribution in [3.63, 3.8) is 0 Å². The van der Waals surface area contributed by atoms with E-state index in [4.69, 9.17) is 10.5 Å². The van der Waals surface area contributed by atoms with Gasteiger partial charge in [-0.15, -0.1) is 0 Å². The number of primary amides is 1. The minimum atomic E-state index is -0.581. The molecule has 0 fully saturated rings. The Balaban J connectivity index is 1.60. The van der Waals surface area contributed by atoms with Crippen molar-refractivity contribution in [2.45, 2.75) is 6.61 Å². The summed E-state index contributed by atoms with van der Waals surface area (Å²) in [6.45, 7) is 0.0724. The molecule has 33 heavy (non-hydrogen) atoms. The van der Waals surface area contributed by atoms with Crippen LogP contribution in [0.2, 0.25) is 0 Å². The van der Waals surface area contributed by atoms with Gasteiger partial charge in [-0.1, -0.05) is 12.1 Å². The van der Waals surface area contributed by atoms with E-state index in [-0.39, 0.29) is 23.9 Å². The summed E-state index contributed by atoms with van der Waals surface area (Å²) in [6, 6.07) is 17.4. The van der Waals surface area contributed by atoms with Gasteiger partial charge in [-0.3, -0.25) is 9.59 Å². The molecule has 0 atom stereocenters. The lowest BCUT2D eigenvalue weighted by Gasteiger charge is -2.07. The van der Waals surface area contributed by atoms with Crippen LogP contribution >= 0.6 is 0 Å². The Labute approximate surface area is 187 Å². The number of nitrogens with two attached hydrogens (primary N) is 1. The molecule has 3 aromatic carbocycles. The molecule has 0 spiro atoms. The van der Waals surface area contributed by atoms with Crippen molar-refractivity contribution in [3.8, 4) is 11.4 Å². The second-order valence-corrected chi connectivity index (χ2v) is 7.07. The van der Waals surface area contributed by atoms with Crippen LogP contribution in [0.5, 0.6) is 5.75 Å². The molecule has 1 heterocycles. The number of carbonyl (C=O) groups is 2. The number of amides is 2. The van der Waals surface area contributed by atoms with E-state index >= 15 is 0 Å². The fraction of sp³-hybridized carbons (Fsp3) is 0.0417. The zero-order chi connectivity index (χ0) is 23.4. The molecule has 166 valence electrons. The molecule has 3 N–H and O–H groups in total. The number of ether oxygens (including phenoxy) is 1. The Morgan fingerprint density at radius 2 is 1.52 bits per heavy atom. The van der Waals surface area contributed by atoms with Gasteiger partial charge in [-0.2, -0.15) is 5.10 Å². The van der Waals surface area contributed by atoms with Crippen molar-refractivity contribution < 1.29 is 23.1 Å². The third kappa shape index (κ3) is 5.21. The maximum Gasteiger partial charge on any atom is 0.280 e. The molecule has 0 saturated carbocycles. The van der Waals surface area contributed by atoms with Crippen molar-refractivity contribution in [1.82, 2.24) is 9.78 Å². The number of carbonyl (C=O) groups excluding carboxylic acids is 2. The first-order valence-corrected chi connectivity index (χ1v) is 9.83. The molecule has 4 aromatic rings. The van der Waals surface area contributed by atoms with E-state index in [9.17, 15) is 18.4 Å². The van der Waals surface area contributed by atoms with Gasteiger partial charge < -0.3 is 15.8 Å². The maximum atomic E-state index is 13.3. The number of nitrogens with one attached hydrogen (secondary N) is 1. The summed E-state index contributed by atoms with van der Waals surface area (Å²) in [4.78, 5) is 24.2. The molecular weight excluding hydrogens is 430 g/mol. The SMILES string of the molecule is NC(=O)c1ccc(NC(=O)c2nn(-c3ccc(F)cc3)cc2OCc2ccc(F)cc2)cc1. The maximum absolute atomic E-state index is 13.3. The van der Waals surface area contributed by atoms with E-state index in [1.54, 1.807) is 12.1 Å². The number of rotatable bonds is 7. The van der Waals surface area contributed by atoms with Gasteiger partial charge in [0.2, 0.25) is 5.91 Å². The van der Waals surface area contributed by atoms with Crippen LogP contribution < -0.4 is 15.8 Å². The molecule has 9 heteroatoms. The van der Waals surface area contributed by atoms with Crippen molar-refractivity contribution >= 4 is 17.5 Å². The van der Waals surface area contributed by atoms with Crippen LogP contribution in [0.1, 0.15) is 26.4 Å². The van der Waals surface area contributed by atoms with E-state index in [0.717, 1.165) is 0 Å². The summed E-state index contributed by atoms with van der Waals surface area (Å²) >= 11 is 0. The third-order valence-corrected chi connectivity index (χ3v) is 4.72. The molecule has 0 saturated heterocycles. The van der Waals surface area contributed by atoms with Crippen LogP contribution in [0.25, 0.3) is 5.69 Å². The lowest BCUT2D eigenvalue weighted by atomic mass is 10.2. The van der Waals surface area contributed by atoms with Gasteiger partial charge in [0.05, 0.1) is 11.9 Å². The molecular formula is C24H18F2N4O3. The van der Waals surface area contributed by atoms with Crippen molar-refractivity contribution in [3.05, 3.63) is 107 Å². The lowest BCUT2D eigenvalue weighted by molar-refractivity contribution is 0.0997. The molecule has 0 radical (unpaired) electrons. The summed E-state index contributed by atoms with van der Waals surface area (Å²) in [7, 11) is 0. The molecule has 4 rings (SSSR count). The second kappa shape index (κ2) is 9.31. The average molecular weight is 448 g/mol. The van der Waals surface area contributed by atoms with Gasteiger partial charge in [-0.25, -0.2) is 13.5 Å². The monoisotopic (exact) mass is 448 g/mol. The molecule has 7 nitrogen and oxygen atoms in total. The number of hydrogen-bond acceptors (Lipinski definition) is 4. The van der Waals surface area contributed by atoms with Crippen molar-refractivity contribution in [1.29, 1.82) is 0 Å². The zero-order valence-electron chi connectivity index (χ0n) is 17.2. The number of anilines is 1. The minimum absolute atomic E-state index is 0.0135. The number of benzene rings is 3. The van der Waals surface area contributed by atoms with E-state index in [1.165, 1.54) is 71.5 Å². The fourth-order valence-electron chi connectivity index (χ4n) is 3.00. The molecule has 1 aromatic heterocycles. The van der Waals surface area contributed by atoms with Crippen molar-refractivity contribution in [2.24, 2.45) is 5.73 Å². The number of halogens is 2. The van der Waals surface area contributed by atoms with Gasteiger partial charge in [0, 0.05) is 11.3 Å². The van der Waals surface area contributed by atoms with Crippen LogP contribution in [0.3, 0.4) is 0 Å². The average Bonchev–Trinajstić information content (AvgIpc) is 3.24. The first-order valence-electron chi connectivity index (χ1n) is 9.83. The van der Waals surface area contributed by atoms with Crippen LogP contribution in [-0.2, 0) is 6.61 Å². The molecule has 0 bridgehead atoms. The van der Waals surface area contributed by atoms with Crippen LogP contribution in [0.4, 0.5) is 14.5 Å². The molecule has 0 aliphatic carbocycles. The van der Waals surface area contributed by atoms with E-state index in [0.29, 0.717) is 22.5 Å². The van der Waals surface area contributed by atoms with E-state index < -0.39 is 17.6 Å². The Morgan fingerprint density at radius 1 is 0.909 bits per heavy atom. The molecule has 0 aliphatic heterocycles. The summed E-state index contributed by atoms with van der Waals surface area (Å²) in [6.07, 6.45) is 1.50. The number of aromatic nitrogens is 2. The smallest absolute Gasteiger partial charge is 0.280 e. The Morgan fingerprint density at radius 3 is 2.12 bits per heavy atom. The van der Waals surface area contributed by atoms with E-state index in [1.807, 2.05) is 0 Å². The highest BCUT2D eigenvalue weighted by molar-refractivity contribution is 6.05. The fourth-order valence-corrected chi connectivity index (χ4v) is 3.00. The highest BCUT2D eigenvalue weighted by Crippen LogP contribution is 2.23. The number of hydrogen-bond donors (Lipinski definition) is 2. The van der Waals surface area contributed by atoms with Crippen molar-refractivity contribution in [2.75, 3.05) is 5.32 Å². The normalized spacial score (nSPS) is 10.6. The predicted octanol–water partition coefficient (Wildman–Crippen LogP) is 4.08. The summed E-state index contributed by atoms with van der Waals surface area (Å²) in [5, 5.41) is 6.99. The van der Waals surface area contributed by atoms with Gasteiger partial charge in [-0.05, 0) is 66.2 Å². The van der Waals surface area contributed by atoms with E-state index in [2.05, 4.69) is 10.4 Å². The Hall–Kier alpha value is -4.53. The first-order chi connectivity index (χ1) is 15.9. The summed E-state index contributed by atoms with van der Waals surface area (Å²) in [5.74, 6) is -1.74. The first kappa shape index (κ1) is 21.7. The summed E-state index contributed by atoms with van der Waals surface area (Å²) in [5.41, 5.74) is 7.16. The minimum Gasteiger partial charge on any atom is -0.485 e. The standard InChI is InChI=1S/C24H18F2N4O3/c25-17-5-1-15(2-6-17)14-33-21-13-30(20-11-7-18(26)8-12-20)29-22(21)24(32)28-19-9-3-16(4-10-19)23(27)31/h1-13H,14H2,(H2,27,31)(H,28,32). The lowest BCUT2D eigenvalue weighted by Crippen LogP contribution is -2.15. The highest BCUT2D eigenvalue weighted by atomic mass is 19.1. The quantitative estimate of drug-likeness (QED) is 0.445. The zero-order valence-corrected chi connectivity index (χ0v) is 17.2. The topological polar surface area (TPSA) is 99.2 Å². The third-order valence-electron chi connectivity index (χ3n) is 4.72. The molecule has 0 aliphatic rings. The second-order valence-electron chi connectivity index (χ2n) is 7.07. The Bertz CT molecular complexity index is 1290. The van der Waals surface area contributed by atoms with Crippen LogP contribution in [0, 0.1) is 11.6 Å². The van der Waals surface area contributed by atoms with Gasteiger partial charge >= 0.3 is 0 Å².